The summed E-state index contributed by atoms with van der Waals surface area (Å²) in [6.07, 6.45) is 0. The van der Waals surface area contributed by atoms with Crippen molar-refractivity contribution in [3.05, 3.63) is 91.0 Å². The molecular formula is C22H24IP. The average Bonchev–Trinajstić information content (AvgIpc) is 2.62. The summed E-state index contributed by atoms with van der Waals surface area (Å²) in [6.45, 7) is 7.18. The molecule has 0 aliphatic rings. The molecule has 0 aromatic heterocycles. The van der Waals surface area contributed by atoms with Crippen molar-refractivity contribution in [3.8, 4) is 0 Å². The second-order valence-corrected chi connectivity index (χ2v) is 17.9. The zero-order valence-electron chi connectivity index (χ0n) is 14.5. The van der Waals surface area contributed by atoms with E-state index in [1.54, 1.807) is 0 Å². The van der Waals surface area contributed by atoms with E-state index in [4.69, 9.17) is 0 Å². The van der Waals surface area contributed by atoms with Crippen LogP contribution in [0.1, 0.15) is 20.8 Å². The van der Waals surface area contributed by atoms with Gasteiger partial charge in [-0.15, -0.1) is 0 Å². The molecule has 0 fully saturated rings. The van der Waals surface area contributed by atoms with E-state index >= 15 is 0 Å². The molecule has 124 valence electrons. The van der Waals surface area contributed by atoms with Gasteiger partial charge in [-0.3, -0.25) is 0 Å². The second-order valence-electron chi connectivity index (χ2n) is 7.19. The van der Waals surface area contributed by atoms with Crippen molar-refractivity contribution >= 4 is 42.2 Å². The first-order chi connectivity index (χ1) is 11.4. The summed E-state index contributed by atoms with van der Waals surface area (Å²) in [6, 6.07) is 33.3. The van der Waals surface area contributed by atoms with Gasteiger partial charge in [0.05, 0.1) is 0 Å². The van der Waals surface area contributed by atoms with Crippen LogP contribution in [0, 0.1) is 0 Å². The van der Waals surface area contributed by atoms with Gasteiger partial charge in [0.25, 0.3) is 0 Å². The molecular weight excluding hydrogens is 422 g/mol. The minimum atomic E-state index is -2.67. The Kier molecular flexibility index (Phi) is 4.61. The Hall–Kier alpha value is -1.18. The van der Waals surface area contributed by atoms with Crippen LogP contribution in [0.2, 0.25) is 0 Å². The van der Waals surface area contributed by atoms with Crippen LogP contribution in [-0.2, 0) is 0 Å². The van der Waals surface area contributed by atoms with Crippen molar-refractivity contribution in [1.29, 1.82) is 0 Å². The van der Waals surface area contributed by atoms with Gasteiger partial charge in [0.15, 0.2) is 0 Å². The van der Waals surface area contributed by atoms with Crippen LogP contribution >= 0.6 is 26.3 Å². The van der Waals surface area contributed by atoms with Crippen LogP contribution in [0.25, 0.3) is 0 Å². The number of rotatable bonds is 3. The molecule has 0 atom stereocenters. The normalized spacial score (nSPS) is 13.9. The zero-order valence-corrected chi connectivity index (χ0v) is 17.5. The summed E-state index contributed by atoms with van der Waals surface area (Å²) >= 11 is 2.84. The summed E-state index contributed by atoms with van der Waals surface area (Å²) in [5.74, 6) is 0. The summed E-state index contributed by atoms with van der Waals surface area (Å²) in [7, 11) is 0. The molecule has 0 unspecified atom stereocenters. The van der Waals surface area contributed by atoms with E-state index in [0.29, 0.717) is 0 Å². The molecule has 0 nitrogen and oxygen atoms in total. The molecule has 3 aromatic carbocycles. The van der Waals surface area contributed by atoms with Gasteiger partial charge in [0, 0.05) is 0 Å². The van der Waals surface area contributed by atoms with Crippen molar-refractivity contribution in [2.24, 2.45) is 0 Å². The third kappa shape index (κ3) is 2.36. The van der Waals surface area contributed by atoms with E-state index in [1.165, 1.54) is 15.9 Å². The van der Waals surface area contributed by atoms with Gasteiger partial charge in [0.2, 0.25) is 0 Å². The molecule has 0 bridgehead atoms. The predicted molar refractivity (Wildman–Crippen MR) is 119 cm³/mol. The molecule has 0 aliphatic heterocycles. The summed E-state index contributed by atoms with van der Waals surface area (Å²) < 4.78 is -2.67. The number of hydrogen-bond acceptors (Lipinski definition) is 0. The standard InChI is InChI=1S/C22H24IP/c1-22(2,3)24(23,19-13-7-4-8-14-19,20-15-9-5-10-16-20)21-17-11-6-12-18-21/h4-18H,1-3H3. The summed E-state index contributed by atoms with van der Waals surface area (Å²) in [4.78, 5) is 0. The Bertz CT molecular complexity index is 705. The van der Waals surface area contributed by atoms with Crippen molar-refractivity contribution in [2.75, 3.05) is 0 Å². The zero-order chi connectivity index (χ0) is 17.3. The Morgan fingerprint density at radius 3 is 1.00 bits per heavy atom. The maximum absolute atomic E-state index is 2.84. The Morgan fingerprint density at radius 2 is 0.792 bits per heavy atom. The average molecular weight is 446 g/mol. The van der Waals surface area contributed by atoms with Gasteiger partial charge in [-0.25, -0.2) is 0 Å². The number of benzene rings is 3. The fourth-order valence-corrected chi connectivity index (χ4v) is 12.0. The first-order valence-electron chi connectivity index (χ1n) is 8.30. The van der Waals surface area contributed by atoms with Crippen molar-refractivity contribution < 1.29 is 0 Å². The molecule has 0 aliphatic carbocycles. The molecule has 0 heterocycles. The van der Waals surface area contributed by atoms with Crippen LogP contribution in [0.15, 0.2) is 91.0 Å². The van der Waals surface area contributed by atoms with Gasteiger partial charge in [0.1, 0.15) is 0 Å². The third-order valence-electron chi connectivity index (χ3n) is 4.98. The minimum absolute atomic E-state index is 0.0796. The third-order valence-corrected chi connectivity index (χ3v) is 20.7. The topological polar surface area (TPSA) is 0 Å². The molecule has 2 heteroatoms. The first-order valence-corrected chi connectivity index (χ1v) is 13.3. The molecule has 0 N–H and O–H groups in total. The van der Waals surface area contributed by atoms with E-state index in [0.717, 1.165) is 0 Å². The van der Waals surface area contributed by atoms with Crippen molar-refractivity contribution in [2.45, 2.75) is 25.9 Å². The fraction of sp³-hybridized carbons (Fsp3) is 0.182. The molecule has 24 heavy (non-hydrogen) atoms. The van der Waals surface area contributed by atoms with E-state index in [2.05, 4.69) is 134 Å². The van der Waals surface area contributed by atoms with Crippen LogP contribution < -0.4 is 15.9 Å². The van der Waals surface area contributed by atoms with Crippen LogP contribution in [0.3, 0.4) is 0 Å². The molecule has 0 amide bonds. The van der Waals surface area contributed by atoms with E-state index in [9.17, 15) is 0 Å². The van der Waals surface area contributed by atoms with E-state index < -0.39 is 4.25 Å². The number of hydrogen-bond donors (Lipinski definition) is 0. The van der Waals surface area contributed by atoms with Gasteiger partial charge in [-0.1, -0.05) is 0 Å². The van der Waals surface area contributed by atoms with Crippen molar-refractivity contribution in [3.63, 3.8) is 0 Å². The van der Waals surface area contributed by atoms with E-state index in [1.807, 2.05) is 0 Å². The Morgan fingerprint density at radius 1 is 0.542 bits per heavy atom. The Labute approximate surface area is 158 Å². The monoisotopic (exact) mass is 446 g/mol. The quantitative estimate of drug-likeness (QED) is 0.360. The molecule has 3 aromatic rings. The van der Waals surface area contributed by atoms with Crippen LogP contribution in [-0.4, -0.2) is 5.16 Å². The first kappa shape index (κ1) is 17.6. The van der Waals surface area contributed by atoms with Crippen LogP contribution in [0.5, 0.6) is 0 Å². The van der Waals surface area contributed by atoms with Crippen LogP contribution in [0.4, 0.5) is 0 Å². The maximum atomic E-state index is 2.84. The summed E-state index contributed by atoms with van der Waals surface area (Å²) in [5, 5.41) is 4.40. The molecule has 3 rings (SSSR count). The number of halogens is 1. The van der Waals surface area contributed by atoms with Gasteiger partial charge in [-0.05, 0) is 0 Å². The van der Waals surface area contributed by atoms with Gasteiger partial charge >= 0.3 is 159 Å². The SMILES string of the molecule is CC(C)(C)P(I)(c1ccccc1)(c1ccccc1)c1ccccc1. The Balaban J connectivity index is 2.53. The fourth-order valence-electron chi connectivity index (χ4n) is 3.73. The van der Waals surface area contributed by atoms with Gasteiger partial charge in [-0.2, -0.15) is 0 Å². The summed E-state index contributed by atoms with van der Waals surface area (Å²) in [5.41, 5.74) is 0. The predicted octanol–water partition coefficient (Wildman–Crippen LogP) is 5.66. The molecule has 0 saturated carbocycles. The second kappa shape index (κ2) is 6.28. The molecule has 0 saturated heterocycles. The van der Waals surface area contributed by atoms with Crippen molar-refractivity contribution in [1.82, 2.24) is 0 Å². The molecule has 0 radical (unpaired) electrons. The van der Waals surface area contributed by atoms with Gasteiger partial charge < -0.3 is 0 Å². The molecule has 0 spiro atoms. The van der Waals surface area contributed by atoms with E-state index in [-0.39, 0.29) is 5.16 Å².